The first-order chi connectivity index (χ1) is 13.2. The molecule has 0 saturated heterocycles. The number of rotatable bonds is 5. The first kappa shape index (κ1) is 16.9. The first-order valence-corrected chi connectivity index (χ1v) is 8.79. The molecule has 0 amide bonds. The fraction of sp³-hybridized carbons (Fsp3) is 0.143. The Balaban J connectivity index is 1.75. The van der Waals surface area contributed by atoms with Gasteiger partial charge in [0.2, 0.25) is 0 Å². The monoisotopic (exact) mass is 357 g/mol. The molecule has 27 heavy (non-hydrogen) atoms. The maximum absolute atomic E-state index is 11.5. The van der Waals surface area contributed by atoms with E-state index in [1.165, 1.54) is 12.4 Å². The summed E-state index contributed by atoms with van der Waals surface area (Å²) in [5.41, 5.74) is 5.35. The molecule has 0 atom stereocenters. The molecule has 0 spiro atoms. The molecule has 0 bridgehead atoms. The molecular formula is C21H19N5O. The number of aromatic amines is 1. The molecule has 0 aliphatic heterocycles. The lowest BCUT2D eigenvalue weighted by Crippen LogP contribution is -2.10. The summed E-state index contributed by atoms with van der Waals surface area (Å²) >= 11 is 0. The van der Waals surface area contributed by atoms with Crippen LogP contribution in [0.1, 0.15) is 11.4 Å². The average molecular weight is 357 g/mol. The van der Waals surface area contributed by atoms with Gasteiger partial charge in [-0.2, -0.15) is 0 Å². The topological polar surface area (TPSA) is 76.5 Å². The molecule has 0 fully saturated rings. The minimum absolute atomic E-state index is 0.142. The molecule has 0 aliphatic carbocycles. The number of aryl methyl sites for hydroxylation is 3. The standard InChI is InChI=1S/C21H19N5O/c1-15-6-5-9-18(25-15)21-20(16-7-3-2-4-8-16)24-14-26(21)11-10-17-12-19(27)23-13-22-17/h2-9,12-14H,10-11H2,1H3,(H,22,23,27). The SMILES string of the molecule is Cc1cccc(-c2c(-c3ccccc3)ncn2CCc2cc(=O)[nH]cn2)n1. The van der Waals surface area contributed by atoms with Crippen molar-refractivity contribution in [1.29, 1.82) is 0 Å². The second-order valence-electron chi connectivity index (χ2n) is 6.32. The van der Waals surface area contributed by atoms with Gasteiger partial charge in [0, 0.05) is 36.0 Å². The van der Waals surface area contributed by atoms with E-state index in [1.807, 2.05) is 61.8 Å². The number of hydrogen-bond acceptors (Lipinski definition) is 4. The molecule has 0 unspecified atom stereocenters. The minimum Gasteiger partial charge on any atom is -0.328 e. The van der Waals surface area contributed by atoms with Gasteiger partial charge in [-0.25, -0.2) is 9.97 Å². The highest BCUT2D eigenvalue weighted by molar-refractivity contribution is 5.76. The molecule has 6 nitrogen and oxygen atoms in total. The molecule has 4 aromatic rings. The van der Waals surface area contributed by atoms with Gasteiger partial charge in [-0.3, -0.25) is 9.78 Å². The molecule has 0 aliphatic rings. The summed E-state index contributed by atoms with van der Waals surface area (Å²) in [6, 6.07) is 17.6. The lowest BCUT2D eigenvalue weighted by Gasteiger charge is -2.10. The molecule has 134 valence electrons. The van der Waals surface area contributed by atoms with Crippen LogP contribution in [0.2, 0.25) is 0 Å². The second kappa shape index (κ2) is 7.37. The minimum atomic E-state index is -0.142. The fourth-order valence-corrected chi connectivity index (χ4v) is 3.08. The fourth-order valence-electron chi connectivity index (χ4n) is 3.08. The second-order valence-corrected chi connectivity index (χ2v) is 6.32. The highest BCUT2D eigenvalue weighted by Gasteiger charge is 2.16. The van der Waals surface area contributed by atoms with Crippen LogP contribution in [0.4, 0.5) is 0 Å². The van der Waals surface area contributed by atoms with Crippen molar-refractivity contribution in [2.24, 2.45) is 0 Å². The van der Waals surface area contributed by atoms with Crippen LogP contribution in [-0.4, -0.2) is 24.5 Å². The highest BCUT2D eigenvalue weighted by atomic mass is 16.1. The summed E-state index contributed by atoms with van der Waals surface area (Å²) in [5, 5.41) is 0. The lowest BCUT2D eigenvalue weighted by molar-refractivity contribution is 0.686. The maximum atomic E-state index is 11.5. The van der Waals surface area contributed by atoms with Crippen LogP contribution < -0.4 is 5.56 Å². The summed E-state index contributed by atoms with van der Waals surface area (Å²) in [6.45, 7) is 2.63. The van der Waals surface area contributed by atoms with Crippen LogP contribution in [0.5, 0.6) is 0 Å². The Hall–Kier alpha value is -3.54. The molecule has 0 radical (unpaired) electrons. The molecule has 3 aromatic heterocycles. The zero-order valence-corrected chi connectivity index (χ0v) is 15.0. The number of imidazole rings is 1. The number of nitrogens with zero attached hydrogens (tertiary/aromatic N) is 4. The normalized spacial score (nSPS) is 10.9. The quantitative estimate of drug-likeness (QED) is 0.595. The predicted octanol–water partition coefficient (Wildman–Crippen LogP) is 3.25. The van der Waals surface area contributed by atoms with Gasteiger partial charge >= 0.3 is 0 Å². The van der Waals surface area contributed by atoms with E-state index in [1.54, 1.807) is 0 Å². The Morgan fingerprint density at radius 2 is 1.89 bits per heavy atom. The summed E-state index contributed by atoms with van der Waals surface area (Å²) in [4.78, 5) is 27.6. The van der Waals surface area contributed by atoms with Crippen molar-refractivity contribution in [3.05, 3.63) is 89.0 Å². The smallest absolute Gasteiger partial charge is 0.250 e. The summed E-state index contributed by atoms with van der Waals surface area (Å²) in [6.07, 6.45) is 3.90. The van der Waals surface area contributed by atoms with E-state index in [-0.39, 0.29) is 5.56 Å². The Morgan fingerprint density at radius 3 is 2.67 bits per heavy atom. The Bertz CT molecular complexity index is 1110. The zero-order valence-electron chi connectivity index (χ0n) is 15.0. The van der Waals surface area contributed by atoms with Crippen molar-refractivity contribution in [3.8, 4) is 22.6 Å². The predicted molar refractivity (Wildman–Crippen MR) is 104 cm³/mol. The molecule has 1 N–H and O–H groups in total. The van der Waals surface area contributed by atoms with Crippen LogP contribution in [0, 0.1) is 6.92 Å². The van der Waals surface area contributed by atoms with E-state index in [0.29, 0.717) is 13.0 Å². The lowest BCUT2D eigenvalue weighted by atomic mass is 10.1. The Labute approximate surface area is 156 Å². The summed E-state index contributed by atoms with van der Waals surface area (Å²) < 4.78 is 2.08. The molecule has 3 heterocycles. The van der Waals surface area contributed by atoms with Crippen molar-refractivity contribution in [2.75, 3.05) is 0 Å². The van der Waals surface area contributed by atoms with Crippen molar-refractivity contribution in [3.63, 3.8) is 0 Å². The van der Waals surface area contributed by atoms with Crippen molar-refractivity contribution >= 4 is 0 Å². The highest BCUT2D eigenvalue weighted by Crippen LogP contribution is 2.30. The third-order valence-corrected chi connectivity index (χ3v) is 4.36. The third kappa shape index (κ3) is 3.69. The van der Waals surface area contributed by atoms with Crippen molar-refractivity contribution in [2.45, 2.75) is 19.9 Å². The van der Waals surface area contributed by atoms with E-state index in [9.17, 15) is 4.79 Å². The van der Waals surface area contributed by atoms with Crippen LogP contribution in [0.15, 0.2) is 72.0 Å². The van der Waals surface area contributed by atoms with E-state index in [0.717, 1.165) is 34.0 Å². The molecule has 0 saturated carbocycles. The van der Waals surface area contributed by atoms with Gasteiger partial charge < -0.3 is 9.55 Å². The number of hydrogen-bond donors (Lipinski definition) is 1. The first-order valence-electron chi connectivity index (χ1n) is 8.79. The number of benzene rings is 1. The average Bonchev–Trinajstić information content (AvgIpc) is 3.11. The zero-order chi connectivity index (χ0) is 18.6. The van der Waals surface area contributed by atoms with Gasteiger partial charge in [-0.05, 0) is 19.1 Å². The van der Waals surface area contributed by atoms with Crippen LogP contribution in [-0.2, 0) is 13.0 Å². The number of pyridine rings is 1. The van der Waals surface area contributed by atoms with Gasteiger partial charge in [0.25, 0.3) is 5.56 Å². The molecular weight excluding hydrogens is 338 g/mol. The van der Waals surface area contributed by atoms with Gasteiger partial charge in [0.05, 0.1) is 29.7 Å². The van der Waals surface area contributed by atoms with Crippen molar-refractivity contribution in [1.82, 2.24) is 24.5 Å². The van der Waals surface area contributed by atoms with E-state index in [4.69, 9.17) is 4.98 Å². The maximum Gasteiger partial charge on any atom is 0.250 e. The van der Waals surface area contributed by atoms with E-state index in [2.05, 4.69) is 19.5 Å². The van der Waals surface area contributed by atoms with Gasteiger partial charge in [-0.1, -0.05) is 36.4 Å². The van der Waals surface area contributed by atoms with Gasteiger partial charge in [0.15, 0.2) is 0 Å². The Morgan fingerprint density at radius 1 is 1.04 bits per heavy atom. The number of H-pyrrole nitrogens is 1. The third-order valence-electron chi connectivity index (χ3n) is 4.36. The van der Waals surface area contributed by atoms with E-state index >= 15 is 0 Å². The van der Waals surface area contributed by atoms with Crippen LogP contribution >= 0.6 is 0 Å². The largest absolute Gasteiger partial charge is 0.328 e. The Kier molecular flexibility index (Phi) is 4.61. The van der Waals surface area contributed by atoms with Gasteiger partial charge in [0.1, 0.15) is 0 Å². The number of aromatic nitrogens is 5. The summed E-state index contributed by atoms with van der Waals surface area (Å²) in [7, 11) is 0. The van der Waals surface area contributed by atoms with Crippen LogP contribution in [0.25, 0.3) is 22.6 Å². The van der Waals surface area contributed by atoms with E-state index < -0.39 is 0 Å². The number of nitrogens with one attached hydrogen (secondary N) is 1. The van der Waals surface area contributed by atoms with Gasteiger partial charge in [-0.15, -0.1) is 0 Å². The summed E-state index contributed by atoms with van der Waals surface area (Å²) in [5.74, 6) is 0. The molecule has 4 rings (SSSR count). The van der Waals surface area contributed by atoms with Crippen molar-refractivity contribution < 1.29 is 0 Å². The molecule has 1 aromatic carbocycles. The molecule has 6 heteroatoms. The van der Waals surface area contributed by atoms with Crippen LogP contribution in [0.3, 0.4) is 0 Å².